The lowest BCUT2D eigenvalue weighted by atomic mass is 9.94. The first-order chi connectivity index (χ1) is 11.1. The number of benzene rings is 1. The molecule has 0 bridgehead atoms. The molecule has 1 saturated heterocycles. The molecule has 0 radical (unpaired) electrons. The minimum absolute atomic E-state index is 0.0330. The fraction of sp³-hybridized carbons (Fsp3) is 0.412. The summed E-state index contributed by atoms with van der Waals surface area (Å²) < 4.78 is 5.20. The van der Waals surface area contributed by atoms with Gasteiger partial charge in [0.1, 0.15) is 11.4 Å². The number of nitrogens with one attached hydrogen (secondary N) is 1. The van der Waals surface area contributed by atoms with Gasteiger partial charge in [0.15, 0.2) is 0 Å². The first kappa shape index (κ1) is 15.4. The van der Waals surface area contributed by atoms with E-state index in [0.717, 1.165) is 29.5 Å². The molecule has 3 rings (SSSR count). The summed E-state index contributed by atoms with van der Waals surface area (Å²) in [6, 6.07) is 7.52. The largest absolute Gasteiger partial charge is 0.497 e. The second-order valence-corrected chi connectivity index (χ2v) is 6.07. The maximum absolute atomic E-state index is 12.7. The van der Waals surface area contributed by atoms with Gasteiger partial charge in [-0.1, -0.05) is 0 Å². The molecule has 1 atom stereocenters. The Morgan fingerprint density at radius 2 is 2.22 bits per heavy atom. The molecule has 6 heteroatoms. The van der Waals surface area contributed by atoms with Gasteiger partial charge in [0, 0.05) is 36.5 Å². The Bertz CT molecular complexity index is 738. The van der Waals surface area contributed by atoms with Gasteiger partial charge in [-0.3, -0.25) is 9.59 Å². The van der Waals surface area contributed by atoms with Crippen LogP contribution in [0.25, 0.3) is 10.9 Å². The SMILES string of the molecule is COc1ccc2cc(C(=O)N3CCCC(CC(N)=O)C3)[nH]c2c1. The number of aromatic nitrogens is 1. The number of fused-ring (bicyclic) bond motifs is 1. The van der Waals surface area contributed by atoms with Crippen molar-refractivity contribution in [2.24, 2.45) is 11.7 Å². The van der Waals surface area contributed by atoms with E-state index in [1.807, 2.05) is 24.3 Å². The van der Waals surface area contributed by atoms with E-state index < -0.39 is 0 Å². The third-order valence-corrected chi connectivity index (χ3v) is 4.36. The molecule has 1 unspecified atom stereocenters. The molecule has 1 aliphatic rings. The topological polar surface area (TPSA) is 88.4 Å². The number of amides is 2. The van der Waals surface area contributed by atoms with Crippen LogP contribution in [-0.2, 0) is 4.79 Å². The molecule has 122 valence electrons. The number of ether oxygens (including phenoxy) is 1. The Balaban J connectivity index is 1.78. The maximum atomic E-state index is 12.7. The van der Waals surface area contributed by atoms with E-state index in [0.29, 0.717) is 25.2 Å². The van der Waals surface area contributed by atoms with Gasteiger partial charge >= 0.3 is 0 Å². The summed E-state index contributed by atoms with van der Waals surface area (Å²) in [5.41, 5.74) is 6.71. The van der Waals surface area contributed by atoms with Crippen molar-refractivity contribution < 1.29 is 14.3 Å². The highest BCUT2D eigenvalue weighted by atomic mass is 16.5. The van der Waals surface area contributed by atoms with Crippen LogP contribution in [0, 0.1) is 5.92 Å². The van der Waals surface area contributed by atoms with Crippen LogP contribution in [0.15, 0.2) is 24.3 Å². The second-order valence-electron chi connectivity index (χ2n) is 6.07. The maximum Gasteiger partial charge on any atom is 0.270 e. The first-order valence-electron chi connectivity index (χ1n) is 7.81. The summed E-state index contributed by atoms with van der Waals surface area (Å²) in [4.78, 5) is 28.8. The number of likely N-dealkylation sites (tertiary alicyclic amines) is 1. The lowest BCUT2D eigenvalue weighted by molar-refractivity contribution is -0.119. The molecule has 2 heterocycles. The minimum Gasteiger partial charge on any atom is -0.497 e. The number of piperidine rings is 1. The van der Waals surface area contributed by atoms with E-state index >= 15 is 0 Å². The molecule has 0 saturated carbocycles. The molecular weight excluding hydrogens is 294 g/mol. The molecule has 1 fully saturated rings. The summed E-state index contributed by atoms with van der Waals surface area (Å²) in [5.74, 6) is 0.573. The van der Waals surface area contributed by atoms with Crippen molar-refractivity contribution in [3.63, 3.8) is 0 Å². The summed E-state index contributed by atoms with van der Waals surface area (Å²) >= 11 is 0. The summed E-state index contributed by atoms with van der Waals surface area (Å²) in [7, 11) is 1.61. The zero-order chi connectivity index (χ0) is 16.4. The summed E-state index contributed by atoms with van der Waals surface area (Å²) in [5, 5.41) is 0.972. The van der Waals surface area contributed by atoms with Crippen LogP contribution in [0.4, 0.5) is 0 Å². The number of nitrogens with two attached hydrogens (primary N) is 1. The number of hydrogen-bond donors (Lipinski definition) is 2. The number of methoxy groups -OCH3 is 1. The molecule has 2 amide bonds. The van der Waals surface area contributed by atoms with Crippen molar-refractivity contribution in [1.82, 2.24) is 9.88 Å². The number of carbonyl (C=O) groups excluding carboxylic acids is 2. The molecule has 0 aliphatic carbocycles. The Morgan fingerprint density at radius 3 is 2.96 bits per heavy atom. The molecule has 0 spiro atoms. The van der Waals surface area contributed by atoms with Crippen molar-refractivity contribution in [2.75, 3.05) is 20.2 Å². The Hall–Kier alpha value is -2.50. The molecule has 23 heavy (non-hydrogen) atoms. The van der Waals surface area contributed by atoms with E-state index in [1.54, 1.807) is 12.0 Å². The highest BCUT2D eigenvalue weighted by molar-refractivity contribution is 5.98. The quantitative estimate of drug-likeness (QED) is 0.903. The number of nitrogens with zero attached hydrogens (tertiary/aromatic N) is 1. The van der Waals surface area contributed by atoms with Crippen LogP contribution in [-0.4, -0.2) is 41.9 Å². The average Bonchev–Trinajstić information content (AvgIpc) is 2.96. The summed E-state index contributed by atoms with van der Waals surface area (Å²) in [6.45, 7) is 1.30. The molecule has 1 aliphatic heterocycles. The van der Waals surface area contributed by atoms with Gasteiger partial charge in [-0.05, 0) is 37.0 Å². The van der Waals surface area contributed by atoms with Gasteiger partial charge in [0.2, 0.25) is 5.91 Å². The van der Waals surface area contributed by atoms with Crippen molar-refractivity contribution in [3.8, 4) is 5.75 Å². The van der Waals surface area contributed by atoms with Gasteiger partial charge in [0.25, 0.3) is 5.91 Å². The predicted molar refractivity (Wildman–Crippen MR) is 87.3 cm³/mol. The lowest BCUT2D eigenvalue weighted by Gasteiger charge is -2.32. The zero-order valence-corrected chi connectivity index (χ0v) is 13.2. The van der Waals surface area contributed by atoms with Crippen LogP contribution >= 0.6 is 0 Å². The highest BCUT2D eigenvalue weighted by Crippen LogP contribution is 2.24. The average molecular weight is 315 g/mol. The Morgan fingerprint density at radius 1 is 1.39 bits per heavy atom. The smallest absolute Gasteiger partial charge is 0.270 e. The summed E-state index contributed by atoms with van der Waals surface area (Å²) in [6.07, 6.45) is 2.18. The normalized spacial score (nSPS) is 18.1. The standard InChI is InChI=1S/C17H21N3O3/c1-23-13-5-4-12-8-15(19-14(12)9-13)17(22)20-6-2-3-11(10-20)7-16(18)21/h4-5,8-9,11,19H,2-3,6-7,10H2,1H3,(H2,18,21). The van der Waals surface area contributed by atoms with Gasteiger partial charge in [-0.25, -0.2) is 0 Å². The van der Waals surface area contributed by atoms with E-state index in [4.69, 9.17) is 10.5 Å². The van der Waals surface area contributed by atoms with E-state index in [-0.39, 0.29) is 17.7 Å². The predicted octanol–water partition coefficient (Wildman–Crippen LogP) is 1.90. The first-order valence-corrected chi connectivity index (χ1v) is 7.81. The monoisotopic (exact) mass is 315 g/mol. The molecule has 1 aromatic heterocycles. The number of carbonyl (C=O) groups is 2. The molecular formula is C17H21N3O3. The molecule has 1 aromatic carbocycles. The van der Waals surface area contributed by atoms with Gasteiger partial charge in [-0.15, -0.1) is 0 Å². The third-order valence-electron chi connectivity index (χ3n) is 4.36. The van der Waals surface area contributed by atoms with Crippen molar-refractivity contribution >= 4 is 22.7 Å². The fourth-order valence-electron chi connectivity index (χ4n) is 3.22. The molecule has 3 N–H and O–H groups in total. The van der Waals surface area contributed by atoms with Crippen molar-refractivity contribution in [2.45, 2.75) is 19.3 Å². The van der Waals surface area contributed by atoms with Gasteiger partial charge in [-0.2, -0.15) is 0 Å². The van der Waals surface area contributed by atoms with Crippen LogP contribution < -0.4 is 10.5 Å². The number of hydrogen-bond acceptors (Lipinski definition) is 3. The highest BCUT2D eigenvalue weighted by Gasteiger charge is 2.26. The van der Waals surface area contributed by atoms with Gasteiger partial charge in [0.05, 0.1) is 7.11 Å². The fourth-order valence-corrected chi connectivity index (χ4v) is 3.22. The van der Waals surface area contributed by atoms with Crippen molar-refractivity contribution in [1.29, 1.82) is 0 Å². The third kappa shape index (κ3) is 3.31. The van der Waals surface area contributed by atoms with E-state index in [9.17, 15) is 9.59 Å². The number of primary amides is 1. The van der Waals surface area contributed by atoms with Crippen LogP contribution in [0.1, 0.15) is 29.8 Å². The Kier molecular flexibility index (Phi) is 4.23. The number of H-pyrrole nitrogens is 1. The number of aromatic amines is 1. The second kappa shape index (κ2) is 6.32. The van der Waals surface area contributed by atoms with Crippen LogP contribution in [0.5, 0.6) is 5.75 Å². The minimum atomic E-state index is -0.304. The lowest BCUT2D eigenvalue weighted by Crippen LogP contribution is -2.41. The molecule has 2 aromatic rings. The van der Waals surface area contributed by atoms with E-state index in [1.165, 1.54) is 0 Å². The Labute approximate surface area is 134 Å². The zero-order valence-electron chi connectivity index (χ0n) is 13.2. The number of rotatable bonds is 4. The van der Waals surface area contributed by atoms with Gasteiger partial charge < -0.3 is 20.4 Å². The van der Waals surface area contributed by atoms with Crippen LogP contribution in [0.2, 0.25) is 0 Å². The van der Waals surface area contributed by atoms with Crippen LogP contribution in [0.3, 0.4) is 0 Å². The van der Waals surface area contributed by atoms with E-state index in [2.05, 4.69) is 4.98 Å². The van der Waals surface area contributed by atoms with Crippen molar-refractivity contribution in [3.05, 3.63) is 30.0 Å². The molecule has 6 nitrogen and oxygen atoms in total.